The summed E-state index contributed by atoms with van der Waals surface area (Å²) in [7, 11) is 0. The van der Waals surface area contributed by atoms with Crippen LogP contribution < -0.4 is 10.6 Å². The summed E-state index contributed by atoms with van der Waals surface area (Å²) in [4.78, 5) is 0. The average molecular weight is 307 g/mol. The van der Waals surface area contributed by atoms with E-state index >= 15 is 0 Å². The fourth-order valence-corrected chi connectivity index (χ4v) is 2.38. The molecule has 0 heterocycles. The van der Waals surface area contributed by atoms with Gasteiger partial charge >= 0.3 is 0 Å². The second-order valence-electron chi connectivity index (χ2n) is 7.11. The van der Waals surface area contributed by atoms with E-state index in [0.717, 1.165) is 12.8 Å². The van der Waals surface area contributed by atoms with Crippen molar-refractivity contribution >= 4 is 23.0 Å². The first-order valence-corrected chi connectivity index (χ1v) is 8.23. The molecule has 0 aliphatic rings. The molecule has 0 amide bonds. The number of anilines is 1. The van der Waals surface area contributed by atoms with Crippen molar-refractivity contribution in [2.24, 2.45) is 5.41 Å². The molecular formula is C18H30N2S. The van der Waals surface area contributed by atoms with E-state index in [1.165, 1.54) is 16.8 Å². The number of para-hydroxylation sites is 1. The van der Waals surface area contributed by atoms with E-state index in [1.54, 1.807) is 0 Å². The number of aryl methyl sites for hydroxylation is 2. The van der Waals surface area contributed by atoms with Crippen molar-refractivity contribution in [2.75, 3.05) is 5.32 Å². The predicted molar refractivity (Wildman–Crippen MR) is 98.1 cm³/mol. The standard InChI is InChI=1S/C18H30N2S/c1-8-13-11-10-12-14(9-2)15(13)19-16(21)20-18(6,7)17(3,4)5/h10-12H,8-9H2,1-7H3,(H2,19,20,21). The van der Waals surface area contributed by atoms with Crippen molar-refractivity contribution in [1.82, 2.24) is 5.32 Å². The molecule has 0 spiro atoms. The topological polar surface area (TPSA) is 24.1 Å². The molecular weight excluding hydrogens is 276 g/mol. The lowest BCUT2D eigenvalue weighted by atomic mass is 9.76. The average Bonchev–Trinajstić information content (AvgIpc) is 2.36. The van der Waals surface area contributed by atoms with Crippen molar-refractivity contribution in [2.45, 2.75) is 66.8 Å². The Labute approximate surface area is 135 Å². The number of benzene rings is 1. The molecule has 1 aromatic rings. The highest BCUT2D eigenvalue weighted by atomic mass is 32.1. The normalized spacial score (nSPS) is 12.1. The minimum Gasteiger partial charge on any atom is -0.357 e. The molecule has 0 atom stereocenters. The molecule has 3 heteroatoms. The third kappa shape index (κ3) is 4.44. The molecule has 0 bridgehead atoms. The zero-order chi connectivity index (χ0) is 16.3. The summed E-state index contributed by atoms with van der Waals surface area (Å²) >= 11 is 5.55. The molecule has 1 aromatic carbocycles. The van der Waals surface area contributed by atoms with Gasteiger partial charge in [0.1, 0.15) is 0 Å². The molecule has 118 valence electrons. The van der Waals surface area contributed by atoms with E-state index in [-0.39, 0.29) is 11.0 Å². The summed E-state index contributed by atoms with van der Waals surface area (Å²) in [5, 5.41) is 7.60. The van der Waals surface area contributed by atoms with Crippen LogP contribution in [0.25, 0.3) is 0 Å². The van der Waals surface area contributed by atoms with E-state index in [0.29, 0.717) is 5.11 Å². The smallest absolute Gasteiger partial charge is 0.171 e. The Hall–Kier alpha value is -1.09. The second kappa shape index (κ2) is 6.78. The number of rotatable bonds is 4. The van der Waals surface area contributed by atoms with Gasteiger partial charge in [0.2, 0.25) is 0 Å². The van der Waals surface area contributed by atoms with Gasteiger partial charge < -0.3 is 10.6 Å². The zero-order valence-electron chi connectivity index (χ0n) is 14.6. The Balaban J connectivity index is 2.94. The number of nitrogens with one attached hydrogen (secondary N) is 2. The minimum absolute atomic E-state index is 0.0788. The second-order valence-corrected chi connectivity index (χ2v) is 7.52. The van der Waals surface area contributed by atoms with Crippen LogP contribution in [0.2, 0.25) is 0 Å². The van der Waals surface area contributed by atoms with Crippen LogP contribution >= 0.6 is 12.2 Å². The quantitative estimate of drug-likeness (QED) is 0.772. The van der Waals surface area contributed by atoms with Gasteiger partial charge in [0.15, 0.2) is 5.11 Å². The maximum atomic E-state index is 5.55. The van der Waals surface area contributed by atoms with Crippen LogP contribution in [0.5, 0.6) is 0 Å². The lowest BCUT2D eigenvalue weighted by molar-refractivity contribution is 0.205. The van der Waals surface area contributed by atoms with Crippen LogP contribution in [-0.4, -0.2) is 10.7 Å². The Morgan fingerprint density at radius 1 is 1.00 bits per heavy atom. The fraction of sp³-hybridized carbons (Fsp3) is 0.611. The van der Waals surface area contributed by atoms with E-state index < -0.39 is 0 Å². The van der Waals surface area contributed by atoms with Crippen LogP contribution in [0.3, 0.4) is 0 Å². The van der Waals surface area contributed by atoms with Crippen molar-refractivity contribution in [3.8, 4) is 0 Å². The van der Waals surface area contributed by atoms with Crippen molar-refractivity contribution in [3.63, 3.8) is 0 Å². The molecule has 1 rings (SSSR count). The number of hydrogen-bond donors (Lipinski definition) is 2. The SMILES string of the molecule is CCc1cccc(CC)c1NC(=S)NC(C)(C)C(C)(C)C. The molecule has 2 nitrogen and oxygen atoms in total. The molecule has 0 radical (unpaired) electrons. The van der Waals surface area contributed by atoms with E-state index in [2.05, 4.69) is 77.3 Å². The first-order chi connectivity index (χ1) is 9.62. The summed E-state index contributed by atoms with van der Waals surface area (Å²) in [5.74, 6) is 0. The highest BCUT2D eigenvalue weighted by molar-refractivity contribution is 7.80. The molecule has 0 aromatic heterocycles. The van der Waals surface area contributed by atoms with Gasteiger partial charge in [0.25, 0.3) is 0 Å². The summed E-state index contributed by atoms with van der Waals surface area (Å²) in [6.45, 7) is 15.4. The summed E-state index contributed by atoms with van der Waals surface area (Å²) < 4.78 is 0. The maximum absolute atomic E-state index is 5.55. The zero-order valence-corrected chi connectivity index (χ0v) is 15.4. The van der Waals surface area contributed by atoms with Crippen molar-refractivity contribution in [3.05, 3.63) is 29.3 Å². The van der Waals surface area contributed by atoms with E-state index in [1.807, 2.05) is 0 Å². The molecule has 0 aliphatic heterocycles. The molecule has 0 fully saturated rings. The number of hydrogen-bond acceptors (Lipinski definition) is 1. The first kappa shape index (κ1) is 18.0. The monoisotopic (exact) mass is 306 g/mol. The van der Waals surface area contributed by atoms with E-state index in [4.69, 9.17) is 12.2 Å². The maximum Gasteiger partial charge on any atom is 0.171 e. The van der Waals surface area contributed by atoms with Gasteiger partial charge in [-0.15, -0.1) is 0 Å². The lowest BCUT2D eigenvalue weighted by Gasteiger charge is -2.40. The van der Waals surface area contributed by atoms with Gasteiger partial charge in [-0.25, -0.2) is 0 Å². The third-order valence-corrected chi connectivity index (χ3v) is 4.74. The highest BCUT2D eigenvalue weighted by Crippen LogP contribution is 2.30. The molecule has 2 N–H and O–H groups in total. The van der Waals surface area contributed by atoms with Gasteiger partial charge in [-0.3, -0.25) is 0 Å². The minimum atomic E-state index is -0.0788. The summed E-state index contributed by atoms with van der Waals surface area (Å²) in [6, 6.07) is 6.45. The van der Waals surface area contributed by atoms with E-state index in [9.17, 15) is 0 Å². The Morgan fingerprint density at radius 2 is 1.48 bits per heavy atom. The molecule has 21 heavy (non-hydrogen) atoms. The molecule has 0 unspecified atom stereocenters. The summed E-state index contributed by atoms with van der Waals surface area (Å²) in [6.07, 6.45) is 2.00. The molecule has 0 saturated heterocycles. The van der Waals surface area contributed by atoms with Gasteiger partial charge in [-0.2, -0.15) is 0 Å². The third-order valence-electron chi connectivity index (χ3n) is 4.54. The van der Waals surface area contributed by atoms with Gasteiger partial charge in [-0.05, 0) is 55.4 Å². The Morgan fingerprint density at radius 3 is 1.86 bits per heavy atom. The van der Waals surface area contributed by atoms with Crippen LogP contribution in [0.15, 0.2) is 18.2 Å². The van der Waals surface area contributed by atoms with Crippen LogP contribution in [0, 0.1) is 5.41 Å². The van der Waals surface area contributed by atoms with Gasteiger partial charge in [-0.1, -0.05) is 52.8 Å². The lowest BCUT2D eigenvalue weighted by Crippen LogP contribution is -2.53. The van der Waals surface area contributed by atoms with Gasteiger partial charge in [0.05, 0.1) is 0 Å². The summed E-state index contributed by atoms with van der Waals surface area (Å²) in [5.41, 5.74) is 3.84. The number of thiocarbonyl (C=S) groups is 1. The Bertz CT molecular complexity index is 476. The molecule has 0 aliphatic carbocycles. The highest BCUT2D eigenvalue weighted by Gasteiger charge is 2.33. The predicted octanol–water partition coefficient (Wildman–Crippen LogP) is 4.92. The van der Waals surface area contributed by atoms with Crippen molar-refractivity contribution < 1.29 is 0 Å². The van der Waals surface area contributed by atoms with Crippen LogP contribution in [0.1, 0.15) is 59.6 Å². The first-order valence-electron chi connectivity index (χ1n) is 7.82. The largest absolute Gasteiger partial charge is 0.357 e. The van der Waals surface area contributed by atoms with Crippen LogP contribution in [0.4, 0.5) is 5.69 Å². The van der Waals surface area contributed by atoms with Crippen molar-refractivity contribution in [1.29, 1.82) is 0 Å². The van der Waals surface area contributed by atoms with Crippen LogP contribution in [-0.2, 0) is 12.8 Å². The Kier molecular flexibility index (Phi) is 5.80. The fourth-order valence-electron chi connectivity index (χ4n) is 2.02. The molecule has 0 saturated carbocycles. The van der Waals surface area contributed by atoms with Gasteiger partial charge in [0, 0.05) is 11.2 Å².